The molecule has 3 rings (SSSR count). The molecule has 6 nitrogen and oxygen atoms in total. The summed E-state index contributed by atoms with van der Waals surface area (Å²) in [7, 11) is -3.60. The van der Waals surface area contributed by atoms with Gasteiger partial charge in [-0.05, 0) is 56.6 Å². The molecule has 0 amide bonds. The molecule has 0 atom stereocenters. The van der Waals surface area contributed by atoms with Crippen LogP contribution >= 0.6 is 0 Å². The monoisotopic (exact) mass is 415 g/mol. The van der Waals surface area contributed by atoms with Gasteiger partial charge in [0.25, 0.3) is 0 Å². The Morgan fingerprint density at radius 3 is 2.45 bits per heavy atom. The minimum absolute atomic E-state index is 0.136. The van der Waals surface area contributed by atoms with Gasteiger partial charge >= 0.3 is 0 Å². The van der Waals surface area contributed by atoms with Gasteiger partial charge in [0.15, 0.2) is 5.78 Å². The van der Waals surface area contributed by atoms with Gasteiger partial charge in [0, 0.05) is 44.0 Å². The Balaban J connectivity index is 1.43. The second-order valence-electron chi connectivity index (χ2n) is 7.50. The summed E-state index contributed by atoms with van der Waals surface area (Å²) in [5.74, 6) is -0.146. The van der Waals surface area contributed by atoms with Gasteiger partial charge in [-0.2, -0.15) is 0 Å². The SMILES string of the molecule is CC(=O)c1cccc(S(=O)(=O)NCCCN2CCN(c3cccc(C)c3)CC2)c1. The van der Waals surface area contributed by atoms with Crippen LogP contribution in [0.1, 0.15) is 29.3 Å². The van der Waals surface area contributed by atoms with Crippen molar-refractivity contribution in [1.82, 2.24) is 9.62 Å². The van der Waals surface area contributed by atoms with E-state index in [9.17, 15) is 13.2 Å². The summed E-state index contributed by atoms with van der Waals surface area (Å²) in [4.78, 5) is 16.4. The molecule has 2 aromatic rings. The number of hydrogen-bond donors (Lipinski definition) is 1. The van der Waals surface area contributed by atoms with E-state index in [1.165, 1.54) is 30.3 Å². The fraction of sp³-hybridized carbons (Fsp3) is 0.409. The summed E-state index contributed by atoms with van der Waals surface area (Å²) < 4.78 is 27.5. The van der Waals surface area contributed by atoms with Crippen molar-refractivity contribution in [1.29, 1.82) is 0 Å². The number of carbonyl (C=O) groups is 1. The van der Waals surface area contributed by atoms with E-state index in [1.807, 2.05) is 0 Å². The third kappa shape index (κ3) is 5.88. The van der Waals surface area contributed by atoms with Crippen LogP contribution in [0.3, 0.4) is 0 Å². The molecule has 0 saturated carbocycles. The molecule has 0 aromatic heterocycles. The minimum atomic E-state index is -3.60. The molecule has 1 heterocycles. The fourth-order valence-electron chi connectivity index (χ4n) is 3.53. The molecule has 2 aromatic carbocycles. The largest absolute Gasteiger partial charge is 0.369 e. The third-order valence-electron chi connectivity index (χ3n) is 5.23. The van der Waals surface area contributed by atoms with Crippen molar-refractivity contribution >= 4 is 21.5 Å². The number of sulfonamides is 1. The molecule has 1 aliphatic heterocycles. The van der Waals surface area contributed by atoms with Crippen LogP contribution in [0.2, 0.25) is 0 Å². The average Bonchev–Trinajstić information content (AvgIpc) is 2.72. The Labute approximate surface area is 173 Å². The quantitative estimate of drug-likeness (QED) is 0.530. The standard InChI is InChI=1S/C22H29N3O3S/c1-18-6-3-8-21(16-18)25-14-12-24(13-15-25)11-5-10-23-29(27,28)22-9-4-7-20(17-22)19(2)26/h3-4,6-9,16-17,23H,5,10-15H2,1-2H3. The first-order valence-corrected chi connectivity index (χ1v) is 11.5. The van der Waals surface area contributed by atoms with E-state index in [1.54, 1.807) is 12.1 Å². The fourth-order valence-corrected chi connectivity index (χ4v) is 4.65. The zero-order valence-electron chi connectivity index (χ0n) is 17.1. The zero-order chi connectivity index (χ0) is 20.9. The maximum atomic E-state index is 12.4. The van der Waals surface area contributed by atoms with E-state index < -0.39 is 10.0 Å². The number of piperazine rings is 1. The summed E-state index contributed by atoms with van der Waals surface area (Å²) in [5, 5.41) is 0. The summed E-state index contributed by atoms with van der Waals surface area (Å²) in [6.45, 7) is 8.68. The lowest BCUT2D eigenvalue weighted by atomic mass is 10.2. The van der Waals surface area contributed by atoms with E-state index in [-0.39, 0.29) is 10.7 Å². The third-order valence-corrected chi connectivity index (χ3v) is 6.69. The Kier molecular flexibility index (Phi) is 7.05. The smallest absolute Gasteiger partial charge is 0.240 e. The predicted octanol–water partition coefficient (Wildman–Crippen LogP) is 2.69. The van der Waals surface area contributed by atoms with E-state index >= 15 is 0 Å². The molecular weight excluding hydrogens is 386 g/mol. The number of aryl methyl sites for hydroxylation is 1. The van der Waals surface area contributed by atoms with Gasteiger partial charge in [-0.1, -0.05) is 24.3 Å². The van der Waals surface area contributed by atoms with Crippen LogP contribution in [0.5, 0.6) is 0 Å². The number of anilines is 1. The normalized spacial score (nSPS) is 15.4. The molecule has 156 valence electrons. The van der Waals surface area contributed by atoms with Gasteiger partial charge in [-0.25, -0.2) is 13.1 Å². The Morgan fingerprint density at radius 1 is 1.03 bits per heavy atom. The van der Waals surface area contributed by atoms with Gasteiger partial charge in [-0.15, -0.1) is 0 Å². The maximum absolute atomic E-state index is 12.4. The molecule has 7 heteroatoms. The zero-order valence-corrected chi connectivity index (χ0v) is 17.9. The first kappa shape index (κ1) is 21.5. The van der Waals surface area contributed by atoms with Crippen molar-refractivity contribution in [2.45, 2.75) is 25.2 Å². The van der Waals surface area contributed by atoms with Crippen LogP contribution in [0.15, 0.2) is 53.4 Å². The number of nitrogens with zero attached hydrogens (tertiary/aromatic N) is 2. The summed E-state index contributed by atoms with van der Waals surface area (Å²) >= 11 is 0. The van der Waals surface area contributed by atoms with Gasteiger partial charge in [0.2, 0.25) is 10.0 Å². The topological polar surface area (TPSA) is 69.7 Å². The van der Waals surface area contributed by atoms with Crippen LogP contribution < -0.4 is 9.62 Å². The molecule has 1 fully saturated rings. The van der Waals surface area contributed by atoms with E-state index in [0.29, 0.717) is 12.1 Å². The van der Waals surface area contributed by atoms with Crippen LogP contribution in [-0.4, -0.2) is 58.4 Å². The molecule has 0 spiro atoms. The molecule has 1 aliphatic rings. The number of Topliss-reactive ketones (excluding diaryl/α,β-unsaturated/α-hetero) is 1. The highest BCUT2D eigenvalue weighted by atomic mass is 32.2. The number of carbonyl (C=O) groups excluding carboxylic acids is 1. The van der Waals surface area contributed by atoms with Crippen molar-refractivity contribution in [3.05, 3.63) is 59.7 Å². The Hall–Kier alpha value is -2.22. The van der Waals surface area contributed by atoms with Crippen molar-refractivity contribution in [3.8, 4) is 0 Å². The Bertz CT molecular complexity index is 951. The summed E-state index contributed by atoms with van der Waals surface area (Å²) in [5.41, 5.74) is 2.94. The molecule has 0 bridgehead atoms. The lowest BCUT2D eigenvalue weighted by Gasteiger charge is -2.36. The summed E-state index contributed by atoms with van der Waals surface area (Å²) in [6.07, 6.45) is 0.746. The number of rotatable bonds is 8. The molecule has 0 unspecified atom stereocenters. The lowest BCUT2D eigenvalue weighted by Crippen LogP contribution is -2.47. The van der Waals surface area contributed by atoms with Crippen LogP contribution in [-0.2, 0) is 10.0 Å². The van der Waals surface area contributed by atoms with Crippen LogP contribution in [0.4, 0.5) is 5.69 Å². The molecule has 29 heavy (non-hydrogen) atoms. The first-order chi connectivity index (χ1) is 13.8. The number of ketones is 1. The van der Waals surface area contributed by atoms with Crippen molar-refractivity contribution < 1.29 is 13.2 Å². The van der Waals surface area contributed by atoms with Gasteiger partial charge in [0.05, 0.1) is 4.90 Å². The van der Waals surface area contributed by atoms with Gasteiger partial charge < -0.3 is 4.90 Å². The number of hydrogen-bond acceptors (Lipinski definition) is 5. The first-order valence-electron chi connectivity index (χ1n) is 10.00. The van der Waals surface area contributed by atoms with Crippen molar-refractivity contribution in [2.24, 2.45) is 0 Å². The number of nitrogens with one attached hydrogen (secondary N) is 1. The molecule has 1 saturated heterocycles. The van der Waals surface area contributed by atoms with Crippen molar-refractivity contribution in [2.75, 3.05) is 44.2 Å². The highest BCUT2D eigenvalue weighted by Gasteiger charge is 2.18. The van der Waals surface area contributed by atoms with Crippen LogP contribution in [0.25, 0.3) is 0 Å². The molecule has 0 radical (unpaired) electrons. The van der Waals surface area contributed by atoms with Gasteiger partial charge in [0.1, 0.15) is 0 Å². The number of benzene rings is 2. The average molecular weight is 416 g/mol. The Morgan fingerprint density at radius 2 is 1.76 bits per heavy atom. The van der Waals surface area contributed by atoms with Crippen molar-refractivity contribution in [3.63, 3.8) is 0 Å². The van der Waals surface area contributed by atoms with E-state index in [2.05, 4.69) is 45.7 Å². The predicted molar refractivity (Wildman–Crippen MR) is 116 cm³/mol. The van der Waals surface area contributed by atoms with Crippen LogP contribution in [0, 0.1) is 6.92 Å². The molecule has 0 aliphatic carbocycles. The second kappa shape index (κ2) is 9.52. The van der Waals surface area contributed by atoms with E-state index in [0.717, 1.165) is 39.1 Å². The highest BCUT2D eigenvalue weighted by molar-refractivity contribution is 7.89. The highest BCUT2D eigenvalue weighted by Crippen LogP contribution is 2.18. The minimum Gasteiger partial charge on any atom is -0.369 e. The summed E-state index contributed by atoms with van der Waals surface area (Å²) in [6, 6.07) is 14.7. The lowest BCUT2D eigenvalue weighted by molar-refractivity contribution is 0.101. The second-order valence-corrected chi connectivity index (χ2v) is 9.27. The molecule has 1 N–H and O–H groups in total. The maximum Gasteiger partial charge on any atom is 0.240 e. The van der Waals surface area contributed by atoms with Gasteiger partial charge in [-0.3, -0.25) is 9.69 Å². The molecular formula is C22H29N3O3S. The van der Waals surface area contributed by atoms with E-state index in [4.69, 9.17) is 0 Å².